The maximum Gasteiger partial charge on any atom is 0.340 e. The number of methoxy groups -OCH3 is 1. The van der Waals surface area contributed by atoms with Gasteiger partial charge in [-0.05, 0) is 23.3 Å². The standard InChI is InChI=1S/C16H17NO3/c1-19-15(13-8-5-9-14(17)10-13)16(18)20-11-12-6-3-2-4-7-12/h2-10,15H,11,17H2,1H3/t15-/m0/s1. The van der Waals surface area contributed by atoms with E-state index in [-0.39, 0.29) is 6.61 Å². The fraction of sp³-hybridized carbons (Fsp3) is 0.188. The van der Waals surface area contributed by atoms with Crippen LogP contribution in [-0.2, 0) is 20.9 Å². The Morgan fingerprint density at radius 2 is 1.90 bits per heavy atom. The molecule has 0 aliphatic heterocycles. The second-order valence-corrected chi connectivity index (χ2v) is 4.38. The van der Waals surface area contributed by atoms with Crippen molar-refractivity contribution in [2.24, 2.45) is 0 Å². The molecule has 2 aromatic rings. The number of carbonyl (C=O) groups is 1. The lowest BCUT2D eigenvalue weighted by molar-refractivity contribution is -0.157. The van der Waals surface area contributed by atoms with Gasteiger partial charge in [-0.2, -0.15) is 0 Å². The van der Waals surface area contributed by atoms with Crippen molar-refractivity contribution in [3.8, 4) is 0 Å². The summed E-state index contributed by atoms with van der Waals surface area (Å²) in [7, 11) is 1.47. The van der Waals surface area contributed by atoms with Gasteiger partial charge in [-0.3, -0.25) is 0 Å². The molecule has 0 aliphatic carbocycles. The lowest BCUT2D eigenvalue weighted by Gasteiger charge is -2.15. The lowest BCUT2D eigenvalue weighted by Crippen LogP contribution is -2.17. The molecule has 0 heterocycles. The van der Waals surface area contributed by atoms with Gasteiger partial charge >= 0.3 is 5.97 Å². The van der Waals surface area contributed by atoms with Crippen molar-refractivity contribution < 1.29 is 14.3 Å². The van der Waals surface area contributed by atoms with Gasteiger partial charge in [-0.25, -0.2) is 4.79 Å². The number of nitrogen functional groups attached to an aromatic ring is 1. The number of nitrogens with two attached hydrogens (primary N) is 1. The zero-order valence-electron chi connectivity index (χ0n) is 11.3. The van der Waals surface area contributed by atoms with E-state index in [2.05, 4.69) is 0 Å². The van der Waals surface area contributed by atoms with E-state index in [9.17, 15) is 4.79 Å². The number of hydrogen-bond acceptors (Lipinski definition) is 4. The molecule has 0 bridgehead atoms. The van der Waals surface area contributed by atoms with Crippen molar-refractivity contribution in [1.82, 2.24) is 0 Å². The molecule has 0 radical (unpaired) electrons. The number of esters is 1. The summed E-state index contributed by atoms with van der Waals surface area (Å²) in [5.74, 6) is -0.429. The van der Waals surface area contributed by atoms with Crippen LogP contribution in [0.2, 0.25) is 0 Å². The van der Waals surface area contributed by atoms with Gasteiger partial charge in [-0.1, -0.05) is 42.5 Å². The molecule has 20 heavy (non-hydrogen) atoms. The minimum Gasteiger partial charge on any atom is -0.459 e. The van der Waals surface area contributed by atoms with Crippen LogP contribution in [-0.4, -0.2) is 13.1 Å². The first kappa shape index (κ1) is 14.1. The number of ether oxygens (including phenoxy) is 2. The van der Waals surface area contributed by atoms with Crippen LogP contribution in [0.15, 0.2) is 54.6 Å². The van der Waals surface area contributed by atoms with E-state index in [0.717, 1.165) is 5.56 Å². The van der Waals surface area contributed by atoms with Crippen LogP contribution in [0.3, 0.4) is 0 Å². The number of anilines is 1. The fourth-order valence-corrected chi connectivity index (χ4v) is 1.89. The van der Waals surface area contributed by atoms with E-state index in [1.807, 2.05) is 30.3 Å². The van der Waals surface area contributed by atoms with Gasteiger partial charge < -0.3 is 15.2 Å². The van der Waals surface area contributed by atoms with E-state index in [4.69, 9.17) is 15.2 Å². The molecular formula is C16H17NO3. The van der Waals surface area contributed by atoms with Gasteiger partial charge in [0.2, 0.25) is 0 Å². The third-order valence-electron chi connectivity index (χ3n) is 2.89. The fourth-order valence-electron chi connectivity index (χ4n) is 1.89. The predicted molar refractivity (Wildman–Crippen MR) is 76.8 cm³/mol. The molecule has 104 valence electrons. The Morgan fingerprint density at radius 1 is 1.15 bits per heavy atom. The van der Waals surface area contributed by atoms with Crippen LogP contribution in [0.1, 0.15) is 17.2 Å². The molecule has 2 rings (SSSR count). The van der Waals surface area contributed by atoms with Gasteiger partial charge in [-0.15, -0.1) is 0 Å². The van der Waals surface area contributed by atoms with Crippen LogP contribution in [0, 0.1) is 0 Å². The SMILES string of the molecule is CO[C@H](C(=O)OCc1ccccc1)c1cccc(N)c1. The largest absolute Gasteiger partial charge is 0.459 e. The van der Waals surface area contributed by atoms with Crippen molar-refractivity contribution in [3.05, 3.63) is 65.7 Å². The van der Waals surface area contributed by atoms with Gasteiger partial charge in [0.05, 0.1) is 0 Å². The second-order valence-electron chi connectivity index (χ2n) is 4.38. The van der Waals surface area contributed by atoms with Gasteiger partial charge in [0, 0.05) is 12.8 Å². The summed E-state index contributed by atoms with van der Waals surface area (Å²) in [5, 5.41) is 0. The second kappa shape index (κ2) is 6.73. The summed E-state index contributed by atoms with van der Waals surface area (Å²) in [5.41, 5.74) is 7.91. The first-order chi connectivity index (χ1) is 9.70. The zero-order valence-corrected chi connectivity index (χ0v) is 11.3. The van der Waals surface area contributed by atoms with Crippen LogP contribution in [0.25, 0.3) is 0 Å². The molecule has 0 spiro atoms. The molecule has 0 aromatic heterocycles. The summed E-state index contributed by atoms with van der Waals surface area (Å²) in [6.07, 6.45) is -0.762. The Labute approximate surface area is 118 Å². The molecule has 0 saturated heterocycles. The molecular weight excluding hydrogens is 254 g/mol. The number of benzene rings is 2. The summed E-state index contributed by atoms with van der Waals surface area (Å²) in [4.78, 5) is 12.1. The van der Waals surface area contributed by atoms with E-state index >= 15 is 0 Å². The summed E-state index contributed by atoms with van der Waals surface area (Å²) < 4.78 is 10.5. The minimum absolute atomic E-state index is 0.224. The minimum atomic E-state index is -0.762. The quantitative estimate of drug-likeness (QED) is 0.671. The highest BCUT2D eigenvalue weighted by molar-refractivity contribution is 5.77. The average Bonchev–Trinajstić information content (AvgIpc) is 2.47. The molecule has 0 amide bonds. The lowest BCUT2D eigenvalue weighted by atomic mass is 10.1. The van der Waals surface area contributed by atoms with Crippen molar-refractivity contribution in [2.45, 2.75) is 12.7 Å². The maximum absolute atomic E-state index is 12.1. The third-order valence-corrected chi connectivity index (χ3v) is 2.89. The van der Waals surface area contributed by atoms with E-state index in [1.165, 1.54) is 7.11 Å². The monoisotopic (exact) mass is 271 g/mol. The Hall–Kier alpha value is -2.33. The Bertz CT molecular complexity index is 569. The van der Waals surface area contributed by atoms with Crippen LogP contribution in [0.4, 0.5) is 5.69 Å². The molecule has 0 fully saturated rings. The Morgan fingerprint density at radius 3 is 2.55 bits per heavy atom. The molecule has 4 heteroatoms. The first-order valence-corrected chi connectivity index (χ1v) is 6.29. The smallest absolute Gasteiger partial charge is 0.340 e. The van der Waals surface area contributed by atoms with Crippen molar-refractivity contribution in [3.63, 3.8) is 0 Å². The highest BCUT2D eigenvalue weighted by Crippen LogP contribution is 2.21. The van der Waals surface area contributed by atoms with E-state index in [0.29, 0.717) is 11.3 Å². The average molecular weight is 271 g/mol. The molecule has 0 saturated carbocycles. The number of hydrogen-bond donors (Lipinski definition) is 1. The van der Waals surface area contributed by atoms with Crippen molar-refractivity contribution >= 4 is 11.7 Å². The third kappa shape index (κ3) is 3.59. The topological polar surface area (TPSA) is 61.5 Å². The maximum atomic E-state index is 12.1. The highest BCUT2D eigenvalue weighted by atomic mass is 16.6. The van der Waals surface area contributed by atoms with Crippen molar-refractivity contribution in [2.75, 3.05) is 12.8 Å². The Balaban J connectivity index is 2.02. The van der Waals surface area contributed by atoms with Crippen molar-refractivity contribution in [1.29, 1.82) is 0 Å². The normalized spacial score (nSPS) is 11.8. The number of carbonyl (C=O) groups excluding carboxylic acids is 1. The first-order valence-electron chi connectivity index (χ1n) is 6.29. The predicted octanol–water partition coefficient (Wildman–Crippen LogP) is 2.70. The van der Waals surface area contributed by atoms with Gasteiger partial charge in [0.1, 0.15) is 6.61 Å². The number of rotatable bonds is 5. The van der Waals surface area contributed by atoms with Crippen LogP contribution < -0.4 is 5.73 Å². The summed E-state index contributed by atoms with van der Waals surface area (Å²) in [6, 6.07) is 16.5. The molecule has 2 N–H and O–H groups in total. The van der Waals surface area contributed by atoms with Gasteiger partial charge in [0.15, 0.2) is 6.10 Å². The molecule has 0 aliphatic rings. The Kier molecular flexibility index (Phi) is 4.74. The van der Waals surface area contributed by atoms with E-state index < -0.39 is 12.1 Å². The summed E-state index contributed by atoms with van der Waals surface area (Å²) in [6.45, 7) is 0.224. The van der Waals surface area contributed by atoms with E-state index in [1.54, 1.807) is 24.3 Å². The van der Waals surface area contributed by atoms with Crippen LogP contribution in [0.5, 0.6) is 0 Å². The highest BCUT2D eigenvalue weighted by Gasteiger charge is 2.21. The zero-order chi connectivity index (χ0) is 14.4. The molecule has 1 atom stereocenters. The van der Waals surface area contributed by atoms with Crippen LogP contribution >= 0.6 is 0 Å². The molecule has 2 aromatic carbocycles. The summed E-state index contributed by atoms with van der Waals surface area (Å²) >= 11 is 0. The van der Waals surface area contributed by atoms with Gasteiger partial charge in [0.25, 0.3) is 0 Å². The molecule has 4 nitrogen and oxygen atoms in total. The molecule has 0 unspecified atom stereocenters.